The molecular weight excluding hydrogens is 286 g/mol. The van der Waals surface area contributed by atoms with Gasteiger partial charge in [0.25, 0.3) is 0 Å². The van der Waals surface area contributed by atoms with Crippen molar-refractivity contribution in [3.63, 3.8) is 0 Å². The van der Waals surface area contributed by atoms with Crippen LogP contribution in [0.1, 0.15) is 18.5 Å². The van der Waals surface area contributed by atoms with E-state index in [2.05, 4.69) is 37.3 Å². The van der Waals surface area contributed by atoms with Crippen LogP contribution in [0.5, 0.6) is 0 Å². The van der Waals surface area contributed by atoms with Crippen LogP contribution < -0.4 is 5.48 Å². The van der Waals surface area contributed by atoms with E-state index < -0.39 is 0 Å². The van der Waals surface area contributed by atoms with Gasteiger partial charge >= 0.3 is 0 Å². The zero-order valence-electron chi connectivity index (χ0n) is 6.51. The topological polar surface area (TPSA) is 32.3 Å². The molecule has 4 heteroatoms. The average molecular weight is 295 g/mol. The molecule has 0 spiro atoms. The fourth-order valence-corrected chi connectivity index (χ4v) is 2.31. The standard InChI is InChI=1S/C8H9Br2NO/c1-5(11-12)7-3-2-6(9)4-8(7)10/h2-5,11-12H,1H3. The second-order valence-corrected chi connectivity index (χ2v) is 4.29. The number of halogens is 2. The van der Waals surface area contributed by atoms with Crippen LogP contribution in [-0.2, 0) is 0 Å². The van der Waals surface area contributed by atoms with Crippen molar-refractivity contribution in [1.82, 2.24) is 5.48 Å². The minimum Gasteiger partial charge on any atom is -0.316 e. The number of hydrogen-bond acceptors (Lipinski definition) is 2. The summed E-state index contributed by atoms with van der Waals surface area (Å²) in [6.45, 7) is 1.88. The number of hydroxylamine groups is 1. The highest BCUT2D eigenvalue weighted by molar-refractivity contribution is 9.11. The largest absolute Gasteiger partial charge is 0.316 e. The Bertz CT molecular complexity index is 278. The van der Waals surface area contributed by atoms with E-state index in [4.69, 9.17) is 5.21 Å². The Hall–Kier alpha value is 0.1000. The lowest BCUT2D eigenvalue weighted by atomic mass is 10.1. The summed E-state index contributed by atoms with van der Waals surface area (Å²) in [5.74, 6) is 0. The van der Waals surface area contributed by atoms with E-state index in [-0.39, 0.29) is 6.04 Å². The van der Waals surface area contributed by atoms with Gasteiger partial charge in [-0.25, -0.2) is 0 Å². The maximum Gasteiger partial charge on any atom is 0.0551 e. The summed E-state index contributed by atoms with van der Waals surface area (Å²) in [6.07, 6.45) is 0. The SMILES string of the molecule is CC(NO)c1ccc(Br)cc1Br. The highest BCUT2D eigenvalue weighted by Crippen LogP contribution is 2.26. The van der Waals surface area contributed by atoms with Crippen LogP contribution in [0.2, 0.25) is 0 Å². The van der Waals surface area contributed by atoms with Crippen molar-refractivity contribution in [3.05, 3.63) is 32.7 Å². The summed E-state index contributed by atoms with van der Waals surface area (Å²) in [5.41, 5.74) is 3.22. The zero-order chi connectivity index (χ0) is 9.14. The summed E-state index contributed by atoms with van der Waals surface area (Å²) in [6, 6.07) is 5.77. The molecule has 0 bridgehead atoms. The van der Waals surface area contributed by atoms with Gasteiger partial charge in [0, 0.05) is 8.95 Å². The van der Waals surface area contributed by atoms with Crippen LogP contribution in [0.3, 0.4) is 0 Å². The van der Waals surface area contributed by atoms with Crippen molar-refractivity contribution >= 4 is 31.9 Å². The second-order valence-electron chi connectivity index (χ2n) is 2.52. The smallest absolute Gasteiger partial charge is 0.0551 e. The first-order valence-corrected chi connectivity index (χ1v) is 5.08. The lowest BCUT2D eigenvalue weighted by Crippen LogP contribution is -2.13. The first-order valence-electron chi connectivity index (χ1n) is 3.49. The van der Waals surface area contributed by atoms with E-state index in [0.717, 1.165) is 14.5 Å². The predicted octanol–water partition coefficient (Wildman–Crippen LogP) is 3.25. The third-order valence-electron chi connectivity index (χ3n) is 1.62. The lowest BCUT2D eigenvalue weighted by molar-refractivity contribution is 0.133. The van der Waals surface area contributed by atoms with E-state index in [0.29, 0.717) is 0 Å². The van der Waals surface area contributed by atoms with Gasteiger partial charge in [-0.05, 0) is 24.6 Å². The monoisotopic (exact) mass is 293 g/mol. The van der Waals surface area contributed by atoms with E-state index >= 15 is 0 Å². The summed E-state index contributed by atoms with van der Waals surface area (Å²) in [7, 11) is 0. The second kappa shape index (κ2) is 4.37. The van der Waals surface area contributed by atoms with Crippen LogP contribution in [0.4, 0.5) is 0 Å². The Morgan fingerprint density at radius 1 is 1.42 bits per heavy atom. The molecule has 0 aliphatic heterocycles. The summed E-state index contributed by atoms with van der Waals surface area (Å²) in [4.78, 5) is 0. The highest BCUT2D eigenvalue weighted by Gasteiger charge is 2.07. The molecule has 1 aromatic rings. The van der Waals surface area contributed by atoms with Crippen molar-refractivity contribution in [3.8, 4) is 0 Å². The van der Waals surface area contributed by atoms with Crippen molar-refractivity contribution in [1.29, 1.82) is 0 Å². The fourth-order valence-electron chi connectivity index (χ4n) is 0.922. The molecule has 12 heavy (non-hydrogen) atoms. The van der Waals surface area contributed by atoms with Gasteiger partial charge in [-0.15, -0.1) is 0 Å². The maximum absolute atomic E-state index is 8.70. The molecule has 0 radical (unpaired) electrons. The molecule has 66 valence electrons. The van der Waals surface area contributed by atoms with Gasteiger partial charge < -0.3 is 5.21 Å². The molecular formula is C8H9Br2NO. The van der Waals surface area contributed by atoms with Crippen LogP contribution >= 0.6 is 31.9 Å². The van der Waals surface area contributed by atoms with Gasteiger partial charge in [0.2, 0.25) is 0 Å². The number of benzene rings is 1. The molecule has 0 fully saturated rings. The van der Waals surface area contributed by atoms with Gasteiger partial charge in [-0.3, -0.25) is 0 Å². The normalized spacial score (nSPS) is 13.0. The third-order valence-corrected chi connectivity index (χ3v) is 2.80. The van der Waals surface area contributed by atoms with Gasteiger partial charge in [-0.1, -0.05) is 37.9 Å². The van der Waals surface area contributed by atoms with Crippen LogP contribution in [0, 0.1) is 0 Å². The van der Waals surface area contributed by atoms with E-state index in [1.807, 2.05) is 25.1 Å². The van der Waals surface area contributed by atoms with Crippen molar-refractivity contribution < 1.29 is 5.21 Å². The molecule has 1 atom stereocenters. The van der Waals surface area contributed by atoms with Crippen LogP contribution in [0.15, 0.2) is 27.1 Å². The molecule has 1 aromatic carbocycles. The minimum atomic E-state index is -0.0625. The molecule has 0 saturated heterocycles. The molecule has 1 rings (SSSR count). The molecule has 0 aliphatic carbocycles. The Morgan fingerprint density at radius 3 is 2.58 bits per heavy atom. The van der Waals surface area contributed by atoms with Crippen molar-refractivity contribution in [2.24, 2.45) is 0 Å². The maximum atomic E-state index is 8.70. The molecule has 0 aliphatic rings. The first-order chi connectivity index (χ1) is 5.65. The Balaban J connectivity index is 3.01. The van der Waals surface area contributed by atoms with Crippen LogP contribution in [-0.4, -0.2) is 5.21 Å². The molecule has 2 N–H and O–H groups in total. The number of rotatable bonds is 2. The van der Waals surface area contributed by atoms with Gasteiger partial charge in [0.05, 0.1) is 6.04 Å². The van der Waals surface area contributed by atoms with E-state index in [1.165, 1.54) is 0 Å². The van der Waals surface area contributed by atoms with E-state index in [1.54, 1.807) is 0 Å². The first kappa shape index (κ1) is 10.2. The minimum absolute atomic E-state index is 0.0625. The third kappa shape index (κ3) is 2.29. The lowest BCUT2D eigenvalue weighted by Gasteiger charge is -2.11. The van der Waals surface area contributed by atoms with Crippen molar-refractivity contribution in [2.45, 2.75) is 13.0 Å². The molecule has 0 aromatic heterocycles. The Morgan fingerprint density at radius 2 is 2.08 bits per heavy atom. The molecule has 0 heterocycles. The predicted molar refractivity (Wildman–Crippen MR) is 55.2 cm³/mol. The molecule has 1 unspecified atom stereocenters. The molecule has 0 amide bonds. The highest BCUT2D eigenvalue weighted by atomic mass is 79.9. The number of hydrogen-bond donors (Lipinski definition) is 2. The Kier molecular flexibility index (Phi) is 3.71. The quantitative estimate of drug-likeness (QED) is 0.821. The summed E-state index contributed by atoms with van der Waals surface area (Å²) < 4.78 is 1.99. The average Bonchev–Trinajstić information content (AvgIpc) is 2.03. The fraction of sp³-hybridized carbons (Fsp3) is 0.250. The summed E-state index contributed by atoms with van der Waals surface area (Å²) in [5, 5.41) is 8.70. The molecule has 0 saturated carbocycles. The zero-order valence-corrected chi connectivity index (χ0v) is 9.68. The molecule has 2 nitrogen and oxygen atoms in total. The van der Waals surface area contributed by atoms with Gasteiger partial charge in [0.1, 0.15) is 0 Å². The van der Waals surface area contributed by atoms with Crippen molar-refractivity contribution in [2.75, 3.05) is 0 Å². The van der Waals surface area contributed by atoms with Gasteiger partial charge in [-0.2, -0.15) is 5.48 Å². The number of nitrogens with one attached hydrogen (secondary N) is 1. The Labute approximate surface area is 88.2 Å². The van der Waals surface area contributed by atoms with E-state index in [9.17, 15) is 0 Å². The van der Waals surface area contributed by atoms with Gasteiger partial charge in [0.15, 0.2) is 0 Å². The summed E-state index contributed by atoms with van der Waals surface area (Å²) >= 11 is 6.76. The van der Waals surface area contributed by atoms with Crippen LogP contribution in [0.25, 0.3) is 0 Å².